The quantitative estimate of drug-likeness (QED) is 0.630. The van der Waals surface area contributed by atoms with Gasteiger partial charge in [-0.05, 0) is 0 Å². The number of hydrogen-bond donors (Lipinski definition) is 2. The van der Waals surface area contributed by atoms with Gasteiger partial charge in [-0.2, -0.15) is 16.8 Å². The Balaban J connectivity index is 0. The highest BCUT2D eigenvalue weighted by Crippen LogP contribution is 1.76. The van der Waals surface area contributed by atoms with Crippen molar-refractivity contribution in [3.8, 4) is 0 Å². The molecule has 12 heavy (non-hydrogen) atoms. The fourth-order valence-corrected chi connectivity index (χ4v) is 0. The van der Waals surface area contributed by atoms with Crippen LogP contribution in [0.4, 0.5) is 0 Å². The Labute approximate surface area is 70.7 Å². The summed E-state index contributed by atoms with van der Waals surface area (Å²) in [4.78, 5) is 0. The topological polar surface area (TPSA) is 109 Å². The summed E-state index contributed by atoms with van der Waals surface area (Å²) in [6.07, 6.45) is 0. The van der Waals surface area contributed by atoms with Crippen molar-refractivity contribution in [2.75, 3.05) is 0 Å². The summed E-state index contributed by atoms with van der Waals surface area (Å²) < 4.78 is 53.1. The lowest BCUT2D eigenvalue weighted by Gasteiger charge is -1.73. The van der Waals surface area contributed by atoms with Crippen LogP contribution >= 0.6 is 0 Å². The Kier molecular flexibility index (Phi) is 5.82. The molecular formula is C4H8O6S2. The molecule has 0 aromatic heterocycles. The molecule has 0 aromatic carbocycles. The molecule has 0 heterocycles. The average Bonchev–Trinajstić information content (AvgIpc) is 1.86. The molecule has 8 heteroatoms. The number of rotatable bonds is 2. The maximum absolute atomic E-state index is 9.44. The maximum atomic E-state index is 9.44. The maximum Gasteiger partial charge on any atom is 0.287 e. The molecular weight excluding hydrogens is 208 g/mol. The van der Waals surface area contributed by atoms with E-state index >= 15 is 0 Å². The van der Waals surface area contributed by atoms with E-state index in [1.807, 2.05) is 0 Å². The van der Waals surface area contributed by atoms with Gasteiger partial charge < -0.3 is 0 Å². The highest BCUT2D eigenvalue weighted by atomic mass is 32.2. The lowest BCUT2D eigenvalue weighted by Crippen LogP contribution is -1.86. The standard InChI is InChI=1S/2C2H4O3S/c2*1-2-6(3,4)5/h2*2H,1H2,(H,3,4,5). The Morgan fingerprint density at radius 2 is 0.917 bits per heavy atom. The fourth-order valence-electron chi connectivity index (χ4n) is 0. The number of hydrogen-bond acceptors (Lipinski definition) is 4. The van der Waals surface area contributed by atoms with Gasteiger partial charge >= 0.3 is 0 Å². The van der Waals surface area contributed by atoms with Crippen LogP contribution in [0.3, 0.4) is 0 Å². The van der Waals surface area contributed by atoms with Crippen molar-refractivity contribution < 1.29 is 25.9 Å². The van der Waals surface area contributed by atoms with Crippen LogP contribution in [0.5, 0.6) is 0 Å². The molecule has 72 valence electrons. The predicted molar refractivity (Wildman–Crippen MR) is 43.5 cm³/mol. The molecule has 0 radical (unpaired) electrons. The average molecular weight is 216 g/mol. The van der Waals surface area contributed by atoms with Crippen LogP contribution in [0.1, 0.15) is 0 Å². The Hall–Kier alpha value is -0.700. The van der Waals surface area contributed by atoms with Crippen LogP contribution in [-0.4, -0.2) is 25.9 Å². The van der Waals surface area contributed by atoms with Gasteiger partial charge in [0.1, 0.15) is 0 Å². The van der Waals surface area contributed by atoms with Gasteiger partial charge in [0.25, 0.3) is 20.2 Å². The van der Waals surface area contributed by atoms with Crippen LogP contribution in [-0.2, 0) is 20.2 Å². The molecule has 0 atom stereocenters. The van der Waals surface area contributed by atoms with Crippen molar-refractivity contribution in [3.05, 3.63) is 24.0 Å². The molecule has 0 spiro atoms. The normalized spacial score (nSPS) is 10.8. The summed E-state index contributed by atoms with van der Waals surface area (Å²) in [7, 11) is -7.80. The van der Waals surface area contributed by atoms with Crippen molar-refractivity contribution in [1.82, 2.24) is 0 Å². The second-order valence-corrected chi connectivity index (χ2v) is 4.09. The van der Waals surface area contributed by atoms with Gasteiger partial charge in [0.2, 0.25) is 0 Å². The first-order valence-corrected chi connectivity index (χ1v) is 5.33. The second kappa shape index (κ2) is 5.04. The molecule has 0 aliphatic carbocycles. The molecule has 0 bridgehead atoms. The van der Waals surface area contributed by atoms with E-state index in [4.69, 9.17) is 9.11 Å². The van der Waals surface area contributed by atoms with Gasteiger partial charge in [0, 0.05) is 0 Å². The Morgan fingerprint density at radius 1 is 0.833 bits per heavy atom. The van der Waals surface area contributed by atoms with Gasteiger partial charge in [-0.1, -0.05) is 13.2 Å². The fraction of sp³-hybridized carbons (Fsp3) is 0. The summed E-state index contributed by atoms with van der Waals surface area (Å²) >= 11 is 0. The molecule has 0 fully saturated rings. The van der Waals surface area contributed by atoms with Gasteiger partial charge in [-0.25, -0.2) is 0 Å². The molecule has 6 nitrogen and oxygen atoms in total. The van der Waals surface area contributed by atoms with E-state index in [0.29, 0.717) is 10.8 Å². The Bertz CT molecular complexity index is 275. The van der Waals surface area contributed by atoms with Crippen molar-refractivity contribution in [1.29, 1.82) is 0 Å². The highest BCUT2D eigenvalue weighted by molar-refractivity contribution is 7.89. The zero-order valence-electron chi connectivity index (χ0n) is 5.91. The van der Waals surface area contributed by atoms with E-state index in [9.17, 15) is 16.8 Å². The third-order valence-corrected chi connectivity index (χ3v) is 1.26. The predicted octanol–water partition coefficient (Wildman–Crippen LogP) is 0.0354. The van der Waals surface area contributed by atoms with Gasteiger partial charge in [0.05, 0.1) is 10.8 Å². The highest BCUT2D eigenvalue weighted by Gasteiger charge is 1.88. The first-order chi connectivity index (χ1) is 5.12. The van der Waals surface area contributed by atoms with E-state index in [1.165, 1.54) is 0 Å². The molecule has 0 saturated heterocycles. The largest absolute Gasteiger partial charge is 0.287 e. The first kappa shape index (κ1) is 13.9. The Morgan fingerprint density at radius 3 is 0.917 bits per heavy atom. The summed E-state index contributed by atoms with van der Waals surface area (Å²) in [5, 5.41) is 0.931. The minimum absolute atomic E-state index is 0.465. The summed E-state index contributed by atoms with van der Waals surface area (Å²) in [5.41, 5.74) is 0. The third kappa shape index (κ3) is 22.8. The summed E-state index contributed by atoms with van der Waals surface area (Å²) in [6, 6.07) is 0. The first-order valence-electron chi connectivity index (χ1n) is 2.32. The zero-order valence-corrected chi connectivity index (χ0v) is 7.55. The van der Waals surface area contributed by atoms with E-state index in [1.54, 1.807) is 0 Å². The van der Waals surface area contributed by atoms with Crippen LogP contribution in [0.25, 0.3) is 0 Å². The van der Waals surface area contributed by atoms with Crippen molar-refractivity contribution in [3.63, 3.8) is 0 Å². The van der Waals surface area contributed by atoms with Crippen LogP contribution in [0, 0.1) is 0 Å². The lowest BCUT2D eigenvalue weighted by molar-refractivity contribution is 0.492. The van der Waals surface area contributed by atoms with Gasteiger partial charge in [-0.15, -0.1) is 0 Å². The zero-order chi connectivity index (χ0) is 10.4. The molecule has 0 rings (SSSR count). The van der Waals surface area contributed by atoms with E-state index in [-0.39, 0.29) is 0 Å². The van der Waals surface area contributed by atoms with Crippen LogP contribution < -0.4 is 0 Å². The lowest BCUT2D eigenvalue weighted by atomic mass is 11.3. The SMILES string of the molecule is C=CS(=O)(=O)O.C=CS(=O)(=O)O. The molecule has 0 aromatic rings. The van der Waals surface area contributed by atoms with Crippen molar-refractivity contribution in [2.24, 2.45) is 0 Å². The molecule has 0 amide bonds. The van der Waals surface area contributed by atoms with E-state index in [0.717, 1.165) is 0 Å². The van der Waals surface area contributed by atoms with E-state index < -0.39 is 20.2 Å². The molecule has 0 unspecified atom stereocenters. The third-order valence-electron chi connectivity index (χ3n) is 0.421. The van der Waals surface area contributed by atoms with Crippen molar-refractivity contribution in [2.45, 2.75) is 0 Å². The smallest absolute Gasteiger partial charge is 0.282 e. The molecule has 2 N–H and O–H groups in total. The summed E-state index contributed by atoms with van der Waals surface area (Å²) in [5.74, 6) is 0. The minimum Gasteiger partial charge on any atom is -0.282 e. The summed E-state index contributed by atoms with van der Waals surface area (Å²) in [6.45, 7) is 5.59. The second-order valence-electron chi connectivity index (χ2n) is 1.36. The van der Waals surface area contributed by atoms with E-state index in [2.05, 4.69) is 13.2 Å². The molecule has 0 aliphatic heterocycles. The molecule has 0 saturated carbocycles. The van der Waals surface area contributed by atoms with Gasteiger partial charge in [0.15, 0.2) is 0 Å². The van der Waals surface area contributed by atoms with Crippen LogP contribution in [0.2, 0.25) is 0 Å². The van der Waals surface area contributed by atoms with Crippen LogP contribution in [0.15, 0.2) is 24.0 Å². The van der Waals surface area contributed by atoms with Gasteiger partial charge in [-0.3, -0.25) is 9.11 Å². The molecule has 0 aliphatic rings. The minimum atomic E-state index is -3.90. The van der Waals surface area contributed by atoms with Crippen molar-refractivity contribution >= 4 is 20.2 Å². The monoisotopic (exact) mass is 216 g/mol.